The summed E-state index contributed by atoms with van der Waals surface area (Å²) in [5, 5.41) is 9.82. The lowest BCUT2D eigenvalue weighted by Gasteiger charge is -2.13. The fourth-order valence-corrected chi connectivity index (χ4v) is 2.82. The van der Waals surface area contributed by atoms with Gasteiger partial charge in [-0.25, -0.2) is 0 Å². The van der Waals surface area contributed by atoms with E-state index in [1.165, 1.54) is 64.2 Å². The minimum absolute atomic E-state index is 0.455. The summed E-state index contributed by atoms with van der Waals surface area (Å²) in [7, 11) is 0. The Morgan fingerprint density at radius 2 is 1.40 bits per heavy atom. The molecule has 0 saturated carbocycles. The van der Waals surface area contributed by atoms with Crippen LogP contribution in [0.4, 0.5) is 0 Å². The first kappa shape index (κ1) is 17.1. The molecule has 1 nitrogen and oxygen atoms in total. The Morgan fingerprint density at radius 1 is 0.850 bits per heavy atom. The van der Waals surface area contributed by atoms with E-state index in [2.05, 4.69) is 13.8 Å². The van der Waals surface area contributed by atoms with Crippen LogP contribution in [0, 0.1) is 0 Å². The largest absolute Gasteiger partial charge is 0.508 e. The van der Waals surface area contributed by atoms with Gasteiger partial charge in [-0.1, -0.05) is 89.8 Å². The van der Waals surface area contributed by atoms with Crippen LogP contribution in [0.1, 0.15) is 89.5 Å². The summed E-state index contributed by atoms with van der Waals surface area (Å²) in [6.07, 6.45) is 13.6. The quantitative estimate of drug-likeness (QED) is 0.462. The van der Waals surface area contributed by atoms with E-state index in [-0.39, 0.29) is 0 Å². The summed E-state index contributed by atoms with van der Waals surface area (Å²) < 4.78 is 0. The molecular weight excluding hydrogens is 244 g/mol. The highest BCUT2D eigenvalue weighted by Gasteiger charge is 2.08. The molecule has 0 heterocycles. The van der Waals surface area contributed by atoms with Gasteiger partial charge in [0.1, 0.15) is 5.75 Å². The lowest BCUT2D eigenvalue weighted by Crippen LogP contribution is -1.94. The number of hydrogen-bond donors (Lipinski definition) is 1. The zero-order chi connectivity index (χ0) is 14.6. The minimum Gasteiger partial charge on any atom is -0.508 e. The molecule has 0 fully saturated rings. The van der Waals surface area contributed by atoms with Gasteiger partial charge in [0, 0.05) is 0 Å². The average molecular weight is 276 g/mol. The molecule has 0 amide bonds. The van der Waals surface area contributed by atoms with E-state index < -0.39 is 0 Å². The van der Waals surface area contributed by atoms with Crippen LogP contribution in [0.25, 0.3) is 0 Å². The van der Waals surface area contributed by atoms with Crippen LogP contribution in [-0.4, -0.2) is 5.11 Å². The van der Waals surface area contributed by atoms with Crippen molar-refractivity contribution >= 4 is 0 Å². The Morgan fingerprint density at radius 3 is 2.00 bits per heavy atom. The van der Waals surface area contributed by atoms with E-state index >= 15 is 0 Å². The SMILES string of the molecule is CCCCCCCCCCCC(C)c1ccccc1O. The summed E-state index contributed by atoms with van der Waals surface area (Å²) >= 11 is 0. The van der Waals surface area contributed by atoms with Gasteiger partial charge in [-0.15, -0.1) is 0 Å². The number of phenolic OH excluding ortho intramolecular Hbond substituents is 1. The van der Waals surface area contributed by atoms with Gasteiger partial charge in [0.25, 0.3) is 0 Å². The van der Waals surface area contributed by atoms with Gasteiger partial charge in [-0.3, -0.25) is 0 Å². The van der Waals surface area contributed by atoms with Crippen LogP contribution in [-0.2, 0) is 0 Å². The fraction of sp³-hybridized carbons (Fsp3) is 0.684. The Labute approximate surface area is 125 Å². The normalized spacial score (nSPS) is 12.5. The van der Waals surface area contributed by atoms with Crippen LogP contribution in [0.2, 0.25) is 0 Å². The molecule has 1 atom stereocenters. The van der Waals surface area contributed by atoms with E-state index in [1.807, 2.05) is 18.2 Å². The zero-order valence-electron chi connectivity index (χ0n) is 13.4. The van der Waals surface area contributed by atoms with Crippen molar-refractivity contribution in [2.45, 2.75) is 84.0 Å². The smallest absolute Gasteiger partial charge is 0.119 e. The van der Waals surface area contributed by atoms with Crippen molar-refractivity contribution in [2.75, 3.05) is 0 Å². The maximum atomic E-state index is 9.82. The third kappa shape index (κ3) is 6.98. The Kier molecular flexibility index (Phi) is 9.19. The first-order valence-corrected chi connectivity index (χ1v) is 8.53. The second-order valence-corrected chi connectivity index (χ2v) is 6.08. The molecule has 0 aliphatic carbocycles. The van der Waals surface area contributed by atoms with Crippen molar-refractivity contribution in [3.05, 3.63) is 29.8 Å². The molecule has 0 bridgehead atoms. The Balaban J connectivity index is 2.03. The van der Waals surface area contributed by atoms with Crippen LogP contribution in [0.5, 0.6) is 5.75 Å². The average Bonchev–Trinajstić information content (AvgIpc) is 2.46. The number of hydrogen-bond acceptors (Lipinski definition) is 1. The van der Waals surface area contributed by atoms with Gasteiger partial charge in [0.15, 0.2) is 0 Å². The van der Waals surface area contributed by atoms with E-state index in [0.717, 1.165) is 5.56 Å². The number of para-hydroxylation sites is 1. The highest BCUT2D eigenvalue weighted by molar-refractivity contribution is 5.34. The van der Waals surface area contributed by atoms with Gasteiger partial charge in [-0.2, -0.15) is 0 Å². The molecule has 0 aliphatic heterocycles. The highest BCUT2D eigenvalue weighted by Crippen LogP contribution is 2.29. The van der Waals surface area contributed by atoms with Crippen molar-refractivity contribution in [3.8, 4) is 5.75 Å². The Bertz CT molecular complexity index is 345. The molecule has 114 valence electrons. The van der Waals surface area contributed by atoms with Crippen molar-refractivity contribution in [3.63, 3.8) is 0 Å². The minimum atomic E-state index is 0.455. The number of unbranched alkanes of at least 4 members (excludes halogenated alkanes) is 8. The predicted octanol–water partition coefficient (Wildman–Crippen LogP) is 6.42. The van der Waals surface area contributed by atoms with Gasteiger partial charge in [0.2, 0.25) is 0 Å². The number of aromatic hydroxyl groups is 1. The van der Waals surface area contributed by atoms with Crippen molar-refractivity contribution in [1.29, 1.82) is 0 Å². The molecule has 1 aromatic carbocycles. The lowest BCUT2D eigenvalue weighted by atomic mass is 9.94. The van der Waals surface area contributed by atoms with Crippen molar-refractivity contribution in [2.24, 2.45) is 0 Å². The second kappa shape index (κ2) is 10.8. The van der Waals surface area contributed by atoms with Gasteiger partial charge in [-0.05, 0) is 24.0 Å². The Hall–Kier alpha value is -0.980. The van der Waals surface area contributed by atoms with Gasteiger partial charge >= 0.3 is 0 Å². The fourth-order valence-electron chi connectivity index (χ4n) is 2.82. The van der Waals surface area contributed by atoms with Crippen LogP contribution in [0.15, 0.2) is 24.3 Å². The summed E-state index contributed by atoms with van der Waals surface area (Å²) in [5.74, 6) is 0.927. The molecule has 0 saturated heterocycles. The van der Waals surface area contributed by atoms with Crippen LogP contribution < -0.4 is 0 Å². The molecule has 1 aromatic rings. The third-order valence-electron chi connectivity index (χ3n) is 4.21. The summed E-state index contributed by atoms with van der Waals surface area (Å²) in [6.45, 7) is 4.49. The number of phenols is 1. The lowest BCUT2D eigenvalue weighted by molar-refractivity contribution is 0.457. The molecular formula is C19H32O. The predicted molar refractivity (Wildman–Crippen MR) is 88.4 cm³/mol. The summed E-state index contributed by atoms with van der Waals surface area (Å²) in [6, 6.07) is 7.75. The topological polar surface area (TPSA) is 20.2 Å². The zero-order valence-corrected chi connectivity index (χ0v) is 13.4. The molecule has 0 spiro atoms. The molecule has 1 heteroatoms. The summed E-state index contributed by atoms with van der Waals surface area (Å²) in [4.78, 5) is 0. The van der Waals surface area contributed by atoms with Crippen molar-refractivity contribution < 1.29 is 5.11 Å². The molecule has 0 radical (unpaired) electrons. The van der Waals surface area contributed by atoms with Crippen LogP contribution in [0.3, 0.4) is 0 Å². The standard InChI is InChI=1S/C19H32O/c1-3-4-5-6-7-8-9-10-11-14-17(2)18-15-12-13-16-19(18)20/h12-13,15-17,20H,3-11,14H2,1-2H3. The molecule has 1 N–H and O–H groups in total. The van der Waals surface area contributed by atoms with E-state index in [0.29, 0.717) is 11.7 Å². The van der Waals surface area contributed by atoms with Gasteiger partial charge < -0.3 is 5.11 Å². The first-order valence-electron chi connectivity index (χ1n) is 8.53. The van der Waals surface area contributed by atoms with Gasteiger partial charge in [0.05, 0.1) is 0 Å². The number of rotatable bonds is 11. The summed E-state index contributed by atoms with van der Waals surface area (Å²) in [5.41, 5.74) is 1.10. The molecule has 0 aliphatic rings. The highest BCUT2D eigenvalue weighted by atomic mass is 16.3. The maximum absolute atomic E-state index is 9.82. The van der Waals surface area contributed by atoms with Crippen molar-refractivity contribution in [1.82, 2.24) is 0 Å². The molecule has 0 aromatic heterocycles. The van der Waals surface area contributed by atoms with E-state index in [9.17, 15) is 5.11 Å². The molecule has 1 unspecified atom stereocenters. The van der Waals surface area contributed by atoms with E-state index in [1.54, 1.807) is 6.07 Å². The second-order valence-electron chi connectivity index (χ2n) is 6.08. The first-order chi connectivity index (χ1) is 9.75. The van der Waals surface area contributed by atoms with E-state index in [4.69, 9.17) is 0 Å². The van der Waals surface area contributed by atoms with Crippen LogP contribution >= 0.6 is 0 Å². The monoisotopic (exact) mass is 276 g/mol. The third-order valence-corrected chi connectivity index (χ3v) is 4.21. The maximum Gasteiger partial charge on any atom is 0.119 e. The number of benzene rings is 1. The molecule has 20 heavy (non-hydrogen) atoms. The molecule has 1 rings (SSSR count).